The first kappa shape index (κ1) is 8.17. The zero-order valence-corrected chi connectivity index (χ0v) is 6.39. The molecule has 1 aromatic carbocycles. The molecule has 1 aromatic rings. The highest BCUT2D eigenvalue weighted by Crippen LogP contribution is 2.01. The molecule has 2 nitrogen and oxygen atoms in total. The number of rotatable bonds is 3. The number of nitrogens with one attached hydrogen (secondary N) is 2. The summed E-state index contributed by atoms with van der Waals surface area (Å²) in [6.07, 6.45) is 0. The molecule has 0 spiro atoms. The van der Waals surface area contributed by atoms with Gasteiger partial charge in [0.1, 0.15) is 5.82 Å². The predicted octanol–water partition coefficient (Wildman–Crippen LogP) is 1.05. The van der Waals surface area contributed by atoms with Gasteiger partial charge in [0, 0.05) is 6.54 Å². The maximum Gasteiger partial charge on any atom is 0.123 e. The molecule has 0 heterocycles. The van der Waals surface area contributed by atoms with Crippen molar-refractivity contribution in [3.63, 3.8) is 0 Å². The van der Waals surface area contributed by atoms with Crippen molar-refractivity contribution in [1.82, 2.24) is 10.9 Å². The summed E-state index contributed by atoms with van der Waals surface area (Å²) in [6, 6.07) is 6.50. The second-order valence-electron chi connectivity index (χ2n) is 2.23. The maximum atomic E-state index is 12.5. The largest absolute Gasteiger partial charge is 0.261 e. The Balaban J connectivity index is 2.56. The second-order valence-corrected chi connectivity index (χ2v) is 2.23. The third-order valence-corrected chi connectivity index (χ3v) is 1.36. The highest BCUT2D eigenvalue weighted by Gasteiger charge is 1.92. The van der Waals surface area contributed by atoms with Gasteiger partial charge < -0.3 is 0 Å². The average molecular weight is 154 g/mol. The summed E-state index contributed by atoms with van der Waals surface area (Å²) < 4.78 is 12.5. The third kappa shape index (κ3) is 2.65. The van der Waals surface area contributed by atoms with Crippen LogP contribution in [0.25, 0.3) is 0 Å². The molecule has 2 N–H and O–H groups in total. The fraction of sp³-hybridized carbons (Fsp3) is 0.250. The molecule has 3 heteroatoms. The molecule has 0 radical (unpaired) electrons. The summed E-state index contributed by atoms with van der Waals surface area (Å²) in [4.78, 5) is 0. The minimum atomic E-state index is -0.194. The quantitative estimate of drug-likeness (QED) is 0.636. The van der Waals surface area contributed by atoms with Gasteiger partial charge in [0.2, 0.25) is 0 Å². The van der Waals surface area contributed by atoms with E-state index in [1.54, 1.807) is 13.1 Å². The molecule has 0 fully saturated rings. The smallest absolute Gasteiger partial charge is 0.123 e. The monoisotopic (exact) mass is 154 g/mol. The van der Waals surface area contributed by atoms with Gasteiger partial charge in [-0.2, -0.15) is 0 Å². The Hall–Kier alpha value is -0.930. The Labute approximate surface area is 65.4 Å². The van der Waals surface area contributed by atoms with Crippen molar-refractivity contribution in [3.8, 4) is 0 Å². The lowest BCUT2D eigenvalue weighted by Crippen LogP contribution is -2.26. The van der Waals surface area contributed by atoms with E-state index in [9.17, 15) is 4.39 Å². The van der Waals surface area contributed by atoms with E-state index >= 15 is 0 Å². The van der Waals surface area contributed by atoms with Crippen LogP contribution in [-0.4, -0.2) is 7.05 Å². The van der Waals surface area contributed by atoms with Crippen LogP contribution in [0.2, 0.25) is 0 Å². The van der Waals surface area contributed by atoms with Crippen molar-refractivity contribution < 1.29 is 4.39 Å². The SMILES string of the molecule is CNNCc1cccc(F)c1. The molecule has 0 aliphatic rings. The number of hydrogen-bond donors (Lipinski definition) is 2. The first-order chi connectivity index (χ1) is 5.33. The van der Waals surface area contributed by atoms with Crippen molar-refractivity contribution in [2.24, 2.45) is 0 Å². The highest BCUT2D eigenvalue weighted by atomic mass is 19.1. The molecular formula is C8H11FN2. The van der Waals surface area contributed by atoms with Crippen LogP contribution in [0, 0.1) is 5.82 Å². The predicted molar refractivity (Wildman–Crippen MR) is 42.3 cm³/mol. The zero-order valence-electron chi connectivity index (χ0n) is 6.39. The Bertz CT molecular complexity index is 225. The van der Waals surface area contributed by atoms with Gasteiger partial charge in [-0.1, -0.05) is 12.1 Å². The first-order valence-corrected chi connectivity index (χ1v) is 3.47. The minimum absolute atomic E-state index is 0.194. The van der Waals surface area contributed by atoms with Crippen LogP contribution in [0.1, 0.15) is 5.56 Å². The topological polar surface area (TPSA) is 24.1 Å². The Morgan fingerprint density at radius 1 is 1.45 bits per heavy atom. The second kappa shape index (κ2) is 4.05. The molecule has 11 heavy (non-hydrogen) atoms. The summed E-state index contributed by atoms with van der Waals surface area (Å²) in [5, 5.41) is 0. The lowest BCUT2D eigenvalue weighted by Gasteiger charge is -2.01. The lowest BCUT2D eigenvalue weighted by atomic mass is 10.2. The van der Waals surface area contributed by atoms with Crippen LogP contribution >= 0.6 is 0 Å². The van der Waals surface area contributed by atoms with Crippen LogP contribution in [0.15, 0.2) is 24.3 Å². The van der Waals surface area contributed by atoms with E-state index in [0.29, 0.717) is 6.54 Å². The van der Waals surface area contributed by atoms with Crippen molar-refractivity contribution in [1.29, 1.82) is 0 Å². The van der Waals surface area contributed by atoms with Crippen LogP contribution in [0.4, 0.5) is 4.39 Å². The van der Waals surface area contributed by atoms with E-state index in [1.807, 2.05) is 6.07 Å². The van der Waals surface area contributed by atoms with Gasteiger partial charge in [-0.25, -0.2) is 4.39 Å². The summed E-state index contributed by atoms with van der Waals surface area (Å²) in [6.45, 7) is 0.633. The van der Waals surface area contributed by atoms with Crippen molar-refractivity contribution in [2.45, 2.75) is 6.54 Å². The Morgan fingerprint density at radius 2 is 2.27 bits per heavy atom. The number of hydrazine groups is 1. The standard InChI is InChI=1S/C8H11FN2/c1-10-11-6-7-3-2-4-8(9)5-7/h2-5,10-11H,6H2,1H3. The summed E-state index contributed by atoms with van der Waals surface area (Å²) >= 11 is 0. The van der Waals surface area contributed by atoms with Gasteiger partial charge in [-0.05, 0) is 24.7 Å². The van der Waals surface area contributed by atoms with E-state index in [4.69, 9.17) is 0 Å². The lowest BCUT2D eigenvalue weighted by molar-refractivity contribution is 0.587. The van der Waals surface area contributed by atoms with Crippen molar-refractivity contribution in [2.75, 3.05) is 7.05 Å². The Morgan fingerprint density at radius 3 is 2.91 bits per heavy atom. The number of hydrogen-bond acceptors (Lipinski definition) is 2. The minimum Gasteiger partial charge on any atom is -0.261 e. The highest BCUT2D eigenvalue weighted by molar-refractivity contribution is 5.15. The molecule has 0 bridgehead atoms. The summed E-state index contributed by atoms with van der Waals surface area (Å²) in [5.74, 6) is -0.194. The molecule has 1 rings (SSSR count). The summed E-state index contributed by atoms with van der Waals surface area (Å²) in [7, 11) is 1.78. The van der Waals surface area contributed by atoms with Gasteiger partial charge in [0.25, 0.3) is 0 Å². The molecule has 0 saturated heterocycles. The zero-order chi connectivity index (χ0) is 8.10. The number of benzene rings is 1. The maximum absolute atomic E-state index is 12.5. The van der Waals surface area contributed by atoms with E-state index in [2.05, 4.69) is 10.9 Å². The molecule has 0 atom stereocenters. The van der Waals surface area contributed by atoms with Gasteiger partial charge in [-0.3, -0.25) is 10.9 Å². The van der Waals surface area contributed by atoms with E-state index in [-0.39, 0.29) is 5.82 Å². The van der Waals surface area contributed by atoms with Gasteiger partial charge >= 0.3 is 0 Å². The molecule has 60 valence electrons. The molecule has 0 unspecified atom stereocenters. The van der Waals surface area contributed by atoms with E-state index < -0.39 is 0 Å². The van der Waals surface area contributed by atoms with Gasteiger partial charge in [-0.15, -0.1) is 0 Å². The molecule has 0 aliphatic heterocycles. The van der Waals surface area contributed by atoms with Crippen LogP contribution in [0.3, 0.4) is 0 Å². The van der Waals surface area contributed by atoms with E-state index in [0.717, 1.165) is 5.56 Å². The molecular weight excluding hydrogens is 143 g/mol. The third-order valence-electron chi connectivity index (χ3n) is 1.36. The average Bonchev–Trinajstić information content (AvgIpc) is 2.01. The van der Waals surface area contributed by atoms with Gasteiger partial charge in [0.15, 0.2) is 0 Å². The Kier molecular flexibility index (Phi) is 3.01. The van der Waals surface area contributed by atoms with Crippen molar-refractivity contribution in [3.05, 3.63) is 35.6 Å². The van der Waals surface area contributed by atoms with Crippen LogP contribution in [-0.2, 0) is 6.54 Å². The van der Waals surface area contributed by atoms with Gasteiger partial charge in [0.05, 0.1) is 0 Å². The normalized spacial score (nSPS) is 10.0. The fourth-order valence-corrected chi connectivity index (χ4v) is 0.837. The number of halogens is 1. The molecule has 0 amide bonds. The molecule has 0 saturated carbocycles. The first-order valence-electron chi connectivity index (χ1n) is 3.47. The fourth-order valence-electron chi connectivity index (χ4n) is 0.837. The van der Waals surface area contributed by atoms with Crippen LogP contribution in [0.5, 0.6) is 0 Å². The van der Waals surface area contributed by atoms with Crippen LogP contribution < -0.4 is 10.9 Å². The molecule has 0 aromatic heterocycles. The van der Waals surface area contributed by atoms with E-state index in [1.165, 1.54) is 12.1 Å². The molecule has 0 aliphatic carbocycles. The summed E-state index contributed by atoms with van der Waals surface area (Å²) in [5.41, 5.74) is 6.57. The van der Waals surface area contributed by atoms with Crippen molar-refractivity contribution >= 4 is 0 Å².